The fraction of sp³-hybridized carbons (Fsp3) is 0.526. The molecule has 138 valence electrons. The molecule has 7 heteroatoms. The van der Waals surface area contributed by atoms with Crippen LogP contribution in [0.25, 0.3) is 0 Å². The summed E-state index contributed by atoms with van der Waals surface area (Å²) in [4.78, 5) is 19.9. The monoisotopic (exact) mass is 354 g/mol. The van der Waals surface area contributed by atoms with Gasteiger partial charge in [0.15, 0.2) is 0 Å². The number of carbonyl (C=O) groups excluding carboxylic acids is 1. The highest BCUT2D eigenvalue weighted by atomic mass is 16.2. The van der Waals surface area contributed by atoms with Crippen molar-refractivity contribution in [1.82, 2.24) is 25.4 Å². The van der Waals surface area contributed by atoms with Crippen molar-refractivity contribution in [2.24, 2.45) is 0 Å². The number of nitrogens with one attached hydrogen (secondary N) is 2. The average molecular weight is 354 g/mol. The molecule has 4 rings (SSSR count). The number of carbonyl (C=O) groups is 1. The van der Waals surface area contributed by atoms with Gasteiger partial charge < -0.3 is 15.5 Å². The van der Waals surface area contributed by atoms with E-state index < -0.39 is 5.54 Å². The van der Waals surface area contributed by atoms with Crippen molar-refractivity contribution in [2.75, 3.05) is 31.1 Å². The van der Waals surface area contributed by atoms with E-state index in [2.05, 4.69) is 37.7 Å². The molecular formula is C19H26N6O. The molecule has 0 bridgehead atoms. The lowest BCUT2D eigenvalue weighted by Gasteiger charge is -2.36. The van der Waals surface area contributed by atoms with E-state index in [1.165, 1.54) is 12.8 Å². The Labute approximate surface area is 153 Å². The van der Waals surface area contributed by atoms with Crippen LogP contribution in [-0.4, -0.2) is 46.9 Å². The van der Waals surface area contributed by atoms with Crippen LogP contribution in [0.4, 0.5) is 5.82 Å². The first-order chi connectivity index (χ1) is 12.8. The lowest BCUT2D eigenvalue weighted by Crippen LogP contribution is -2.54. The molecule has 2 aromatic rings. The van der Waals surface area contributed by atoms with Crippen molar-refractivity contribution in [2.45, 2.75) is 37.8 Å². The first-order valence-corrected chi connectivity index (χ1v) is 9.47. The van der Waals surface area contributed by atoms with Crippen molar-refractivity contribution < 1.29 is 4.79 Å². The van der Waals surface area contributed by atoms with E-state index in [0.29, 0.717) is 6.54 Å². The number of amides is 1. The summed E-state index contributed by atoms with van der Waals surface area (Å²) in [7, 11) is 0. The highest BCUT2D eigenvalue weighted by Crippen LogP contribution is 2.27. The van der Waals surface area contributed by atoms with Crippen LogP contribution in [0.1, 0.15) is 31.2 Å². The predicted molar refractivity (Wildman–Crippen MR) is 99.8 cm³/mol. The molecule has 0 aliphatic carbocycles. The van der Waals surface area contributed by atoms with E-state index in [9.17, 15) is 4.79 Å². The van der Waals surface area contributed by atoms with Gasteiger partial charge in [0.05, 0.1) is 0 Å². The van der Waals surface area contributed by atoms with Crippen LogP contribution >= 0.6 is 0 Å². The summed E-state index contributed by atoms with van der Waals surface area (Å²) in [6.45, 7) is 4.30. The maximum Gasteiger partial charge on any atom is 0.248 e. The fourth-order valence-corrected chi connectivity index (χ4v) is 3.92. The second kappa shape index (κ2) is 7.45. The van der Waals surface area contributed by atoms with Crippen molar-refractivity contribution >= 4 is 11.7 Å². The van der Waals surface area contributed by atoms with Crippen LogP contribution in [-0.2, 0) is 16.9 Å². The molecule has 2 saturated heterocycles. The molecule has 2 aliphatic rings. The molecule has 7 nitrogen and oxygen atoms in total. The Morgan fingerprint density at radius 1 is 1.23 bits per heavy atom. The van der Waals surface area contributed by atoms with Crippen LogP contribution in [0.5, 0.6) is 0 Å². The third-order valence-corrected chi connectivity index (χ3v) is 5.49. The molecule has 26 heavy (non-hydrogen) atoms. The Kier molecular flexibility index (Phi) is 4.88. The minimum absolute atomic E-state index is 0.0336. The van der Waals surface area contributed by atoms with Gasteiger partial charge >= 0.3 is 0 Å². The SMILES string of the molecule is O=C(NCc1ccc(N2CCCC2)nc1)C1(n2cccn2)CCNCC1. The van der Waals surface area contributed by atoms with Crippen molar-refractivity contribution in [3.63, 3.8) is 0 Å². The highest BCUT2D eigenvalue weighted by molar-refractivity contribution is 5.84. The average Bonchev–Trinajstić information content (AvgIpc) is 3.41. The Balaban J connectivity index is 1.42. The predicted octanol–water partition coefficient (Wildman–Crippen LogP) is 1.27. The lowest BCUT2D eigenvalue weighted by atomic mass is 9.87. The number of hydrogen-bond acceptors (Lipinski definition) is 5. The number of aromatic nitrogens is 3. The van der Waals surface area contributed by atoms with Gasteiger partial charge in [-0.25, -0.2) is 4.98 Å². The summed E-state index contributed by atoms with van der Waals surface area (Å²) < 4.78 is 1.82. The summed E-state index contributed by atoms with van der Waals surface area (Å²) in [6, 6.07) is 5.99. The van der Waals surface area contributed by atoms with E-state index in [1.54, 1.807) is 6.20 Å². The third-order valence-electron chi connectivity index (χ3n) is 5.49. The van der Waals surface area contributed by atoms with E-state index in [-0.39, 0.29) is 5.91 Å². The van der Waals surface area contributed by atoms with Crippen molar-refractivity contribution in [1.29, 1.82) is 0 Å². The summed E-state index contributed by atoms with van der Waals surface area (Å²) >= 11 is 0. The molecule has 0 radical (unpaired) electrons. The van der Waals surface area contributed by atoms with Gasteiger partial charge in [0.1, 0.15) is 11.4 Å². The second-order valence-corrected chi connectivity index (χ2v) is 7.13. The largest absolute Gasteiger partial charge is 0.357 e. The van der Waals surface area contributed by atoms with Crippen LogP contribution in [0.15, 0.2) is 36.8 Å². The van der Waals surface area contributed by atoms with Crippen molar-refractivity contribution in [3.8, 4) is 0 Å². The molecule has 4 heterocycles. The van der Waals surface area contributed by atoms with Gasteiger partial charge in [-0.05, 0) is 56.5 Å². The van der Waals surface area contributed by atoms with Gasteiger partial charge in [0, 0.05) is 38.2 Å². The van der Waals surface area contributed by atoms with E-state index >= 15 is 0 Å². The van der Waals surface area contributed by atoms with E-state index in [4.69, 9.17) is 0 Å². The van der Waals surface area contributed by atoms with Crippen LogP contribution < -0.4 is 15.5 Å². The molecule has 1 amide bonds. The van der Waals surface area contributed by atoms with Gasteiger partial charge in [0.2, 0.25) is 5.91 Å². The number of rotatable bonds is 5. The zero-order valence-electron chi connectivity index (χ0n) is 15.0. The number of nitrogens with zero attached hydrogens (tertiary/aromatic N) is 4. The summed E-state index contributed by atoms with van der Waals surface area (Å²) in [6.07, 6.45) is 9.46. The molecule has 2 aliphatic heterocycles. The molecule has 2 aromatic heterocycles. The number of hydrogen-bond donors (Lipinski definition) is 2. The van der Waals surface area contributed by atoms with Gasteiger partial charge in [-0.3, -0.25) is 9.48 Å². The normalized spacial score (nSPS) is 19.5. The molecule has 2 fully saturated rings. The summed E-state index contributed by atoms with van der Waals surface area (Å²) in [5.41, 5.74) is 0.420. The number of anilines is 1. The fourth-order valence-electron chi connectivity index (χ4n) is 3.92. The standard InChI is InChI=1S/C19H26N6O/c26-18(19(6-9-20-10-7-19)25-13-3-8-23-25)22-15-16-4-5-17(21-14-16)24-11-1-2-12-24/h3-5,8,13-14,20H,1-2,6-7,9-12,15H2,(H,22,26). The number of pyridine rings is 1. The second-order valence-electron chi connectivity index (χ2n) is 7.13. The van der Waals surface area contributed by atoms with Crippen molar-refractivity contribution in [3.05, 3.63) is 42.4 Å². The van der Waals surface area contributed by atoms with Gasteiger partial charge in [-0.1, -0.05) is 6.07 Å². The van der Waals surface area contributed by atoms with Crippen LogP contribution in [0.2, 0.25) is 0 Å². The first-order valence-electron chi connectivity index (χ1n) is 9.47. The summed E-state index contributed by atoms with van der Waals surface area (Å²) in [5, 5.41) is 10.8. The maximum absolute atomic E-state index is 13.0. The molecule has 2 N–H and O–H groups in total. The third kappa shape index (κ3) is 3.31. The minimum Gasteiger partial charge on any atom is -0.357 e. The molecule has 0 atom stereocenters. The maximum atomic E-state index is 13.0. The first kappa shape index (κ1) is 17.0. The molecule has 0 saturated carbocycles. The zero-order valence-corrected chi connectivity index (χ0v) is 15.0. The van der Waals surface area contributed by atoms with Gasteiger partial charge in [-0.15, -0.1) is 0 Å². The van der Waals surface area contributed by atoms with E-state index in [1.807, 2.05) is 23.1 Å². The number of piperidine rings is 1. The van der Waals surface area contributed by atoms with E-state index in [0.717, 1.165) is 50.4 Å². The zero-order chi connectivity index (χ0) is 17.8. The quantitative estimate of drug-likeness (QED) is 0.846. The Hall–Kier alpha value is -2.41. The minimum atomic E-state index is -0.600. The Morgan fingerprint density at radius 3 is 2.69 bits per heavy atom. The Bertz CT molecular complexity index is 715. The molecule has 0 aromatic carbocycles. The molecular weight excluding hydrogens is 328 g/mol. The lowest BCUT2D eigenvalue weighted by molar-refractivity contribution is -0.132. The molecule has 0 spiro atoms. The summed E-state index contributed by atoms with van der Waals surface area (Å²) in [5.74, 6) is 1.07. The smallest absolute Gasteiger partial charge is 0.248 e. The van der Waals surface area contributed by atoms with Gasteiger partial charge in [-0.2, -0.15) is 5.10 Å². The molecule has 0 unspecified atom stereocenters. The van der Waals surface area contributed by atoms with Crippen LogP contribution in [0.3, 0.4) is 0 Å². The van der Waals surface area contributed by atoms with Gasteiger partial charge in [0.25, 0.3) is 0 Å². The highest BCUT2D eigenvalue weighted by Gasteiger charge is 2.41. The Morgan fingerprint density at radius 2 is 2.04 bits per heavy atom. The topological polar surface area (TPSA) is 75.1 Å². The van der Waals surface area contributed by atoms with Crippen LogP contribution in [0, 0.1) is 0 Å².